The van der Waals surface area contributed by atoms with Gasteiger partial charge in [-0.2, -0.15) is 0 Å². The molecule has 4 rings (SSSR count). The van der Waals surface area contributed by atoms with Gasteiger partial charge in [0.1, 0.15) is 11.8 Å². The van der Waals surface area contributed by atoms with Crippen molar-refractivity contribution in [2.45, 2.75) is 32.0 Å². The van der Waals surface area contributed by atoms with E-state index in [0.29, 0.717) is 11.2 Å². The number of phenols is 1. The van der Waals surface area contributed by atoms with E-state index in [0.717, 1.165) is 11.4 Å². The van der Waals surface area contributed by atoms with Crippen LogP contribution in [0.25, 0.3) is 0 Å². The smallest absolute Gasteiger partial charge is 0.174 e. The summed E-state index contributed by atoms with van der Waals surface area (Å²) in [4.78, 5) is 6.69. The van der Waals surface area contributed by atoms with Crippen molar-refractivity contribution in [3.8, 4) is 5.75 Å². The molecule has 1 aliphatic heterocycles. The molecule has 0 saturated carbocycles. The van der Waals surface area contributed by atoms with Gasteiger partial charge in [-0.3, -0.25) is 4.98 Å². The number of benzene rings is 1. The lowest BCUT2D eigenvalue weighted by Gasteiger charge is -2.29. The van der Waals surface area contributed by atoms with Crippen molar-refractivity contribution >= 4 is 23.0 Å². The van der Waals surface area contributed by atoms with E-state index in [-0.39, 0.29) is 17.8 Å². The van der Waals surface area contributed by atoms with Crippen molar-refractivity contribution in [1.82, 2.24) is 14.9 Å². The van der Waals surface area contributed by atoms with E-state index in [1.54, 1.807) is 12.1 Å². The second-order valence-corrected chi connectivity index (χ2v) is 7.33. The molecule has 5 nitrogen and oxygen atoms in total. The van der Waals surface area contributed by atoms with Gasteiger partial charge in [-0.05, 0) is 74.6 Å². The highest BCUT2D eigenvalue weighted by atomic mass is 32.1. The van der Waals surface area contributed by atoms with Gasteiger partial charge >= 0.3 is 0 Å². The number of anilines is 1. The van der Waals surface area contributed by atoms with Crippen molar-refractivity contribution in [1.29, 1.82) is 0 Å². The fourth-order valence-corrected chi connectivity index (χ4v) is 4.02. The molecule has 2 aromatic heterocycles. The number of pyridine rings is 1. The molecule has 0 spiro atoms. The number of nitrogens with one attached hydrogen (secondary N) is 1. The molecule has 0 aliphatic carbocycles. The summed E-state index contributed by atoms with van der Waals surface area (Å²) in [7, 11) is 0. The van der Waals surface area contributed by atoms with E-state index in [2.05, 4.69) is 51.9 Å². The Hall–Kier alpha value is -2.86. The first-order chi connectivity index (χ1) is 13.1. The number of aromatic hydroxyl groups is 1. The Kier molecular flexibility index (Phi) is 4.58. The van der Waals surface area contributed by atoms with Crippen LogP contribution in [0.1, 0.15) is 43.4 Å². The fraction of sp³-hybridized carbons (Fsp3) is 0.238. The summed E-state index contributed by atoms with van der Waals surface area (Å²) in [5, 5.41) is 13.8. The number of aromatic nitrogens is 2. The van der Waals surface area contributed by atoms with Gasteiger partial charge in [-0.25, -0.2) is 0 Å². The van der Waals surface area contributed by atoms with E-state index in [1.807, 2.05) is 36.5 Å². The summed E-state index contributed by atoms with van der Waals surface area (Å²) < 4.78 is 2.27. The van der Waals surface area contributed by atoms with Crippen LogP contribution in [0.4, 0.5) is 5.69 Å². The molecule has 0 bridgehead atoms. The average molecular weight is 379 g/mol. The minimum absolute atomic E-state index is 0.0469. The third-order valence-corrected chi connectivity index (χ3v) is 5.21. The number of hydrogen-bond acceptors (Lipinski definition) is 3. The zero-order valence-corrected chi connectivity index (χ0v) is 16.1. The predicted molar refractivity (Wildman–Crippen MR) is 111 cm³/mol. The molecule has 0 amide bonds. The lowest BCUT2D eigenvalue weighted by molar-refractivity contribution is 0.475. The largest absolute Gasteiger partial charge is 0.508 e. The number of rotatable bonds is 4. The van der Waals surface area contributed by atoms with Crippen LogP contribution in [0.3, 0.4) is 0 Å². The molecule has 3 heterocycles. The Morgan fingerprint density at radius 1 is 1.07 bits per heavy atom. The molecule has 3 aromatic rings. The van der Waals surface area contributed by atoms with Crippen LogP contribution in [0, 0.1) is 0 Å². The molecule has 2 N–H and O–H groups in total. The lowest BCUT2D eigenvalue weighted by Crippen LogP contribution is -2.30. The van der Waals surface area contributed by atoms with Crippen LogP contribution in [0.15, 0.2) is 67.0 Å². The SMILES string of the molecule is CC(C)n1cccc1[C@@H]1[C@H](c2ccccn2)NC(=S)N1c1ccc(O)cc1. The standard InChI is InChI=1S/C21H22N4OS/c1-14(2)24-13-5-7-18(24)20-19(17-6-3-4-12-22-17)23-21(27)25(20)15-8-10-16(26)11-9-15/h3-14,19-20,26H,1-2H3,(H,23,27)/t19-,20+/m0/s1. The normalized spacial score (nSPS) is 19.5. The monoisotopic (exact) mass is 378 g/mol. The Morgan fingerprint density at radius 3 is 2.52 bits per heavy atom. The zero-order chi connectivity index (χ0) is 19.0. The van der Waals surface area contributed by atoms with Gasteiger partial charge in [-0.15, -0.1) is 0 Å². The van der Waals surface area contributed by atoms with Gasteiger partial charge in [0, 0.05) is 29.8 Å². The van der Waals surface area contributed by atoms with Crippen LogP contribution in [-0.4, -0.2) is 19.8 Å². The lowest BCUT2D eigenvalue weighted by atomic mass is 10.0. The highest BCUT2D eigenvalue weighted by Gasteiger charge is 2.42. The first-order valence-electron chi connectivity index (χ1n) is 9.02. The van der Waals surface area contributed by atoms with Gasteiger partial charge in [0.15, 0.2) is 5.11 Å². The molecular formula is C21H22N4OS. The third-order valence-electron chi connectivity index (χ3n) is 4.90. The molecule has 1 saturated heterocycles. The molecule has 1 aliphatic rings. The van der Waals surface area contributed by atoms with Gasteiger partial charge < -0.3 is 19.9 Å². The molecule has 27 heavy (non-hydrogen) atoms. The Morgan fingerprint density at radius 2 is 1.85 bits per heavy atom. The summed E-state index contributed by atoms with van der Waals surface area (Å²) in [6.07, 6.45) is 3.91. The number of thiocarbonyl (C=S) groups is 1. The summed E-state index contributed by atoms with van der Waals surface area (Å²) in [6.45, 7) is 4.34. The van der Waals surface area contributed by atoms with Crippen molar-refractivity contribution in [2.24, 2.45) is 0 Å². The number of nitrogens with zero attached hydrogens (tertiary/aromatic N) is 3. The van der Waals surface area contributed by atoms with Crippen molar-refractivity contribution < 1.29 is 5.11 Å². The van der Waals surface area contributed by atoms with E-state index in [4.69, 9.17) is 12.2 Å². The van der Waals surface area contributed by atoms with Crippen LogP contribution in [-0.2, 0) is 0 Å². The summed E-state index contributed by atoms with van der Waals surface area (Å²) in [6, 6.07) is 17.5. The highest BCUT2D eigenvalue weighted by Crippen LogP contribution is 2.42. The topological polar surface area (TPSA) is 53.3 Å². The summed E-state index contributed by atoms with van der Waals surface area (Å²) in [5.41, 5.74) is 3.05. The minimum atomic E-state index is -0.0695. The first-order valence-corrected chi connectivity index (χ1v) is 9.43. The molecular weight excluding hydrogens is 356 g/mol. The molecule has 0 unspecified atom stereocenters. The second kappa shape index (κ2) is 7.04. The fourth-order valence-electron chi connectivity index (χ4n) is 3.67. The highest BCUT2D eigenvalue weighted by molar-refractivity contribution is 7.80. The Bertz CT molecular complexity index is 936. The van der Waals surface area contributed by atoms with Crippen molar-refractivity contribution in [3.05, 3.63) is 78.4 Å². The first kappa shape index (κ1) is 17.5. The van der Waals surface area contributed by atoms with Crippen LogP contribution in [0.2, 0.25) is 0 Å². The quantitative estimate of drug-likeness (QED) is 0.661. The summed E-state index contributed by atoms with van der Waals surface area (Å²) in [5.74, 6) is 0.236. The zero-order valence-electron chi connectivity index (χ0n) is 15.3. The number of phenolic OH excluding ortho intramolecular Hbond substituents is 1. The van der Waals surface area contributed by atoms with Crippen molar-refractivity contribution in [2.75, 3.05) is 4.90 Å². The number of hydrogen-bond donors (Lipinski definition) is 2. The van der Waals surface area contributed by atoms with E-state index in [1.165, 1.54) is 5.69 Å². The predicted octanol–water partition coefficient (Wildman–Crippen LogP) is 4.35. The second-order valence-electron chi connectivity index (χ2n) is 6.95. The van der Waals surface area contributed by atoms with E-state index >= 15 is 0 Å². The van der Waals surface area contributed by atoms with Crippen LogP contribution < -0.4 is 10.2 Å². The Balaban J connectivity index is 1.85. The molecule has 1 fully saturated rings. The van der Waals surface area contributed by atoms with Gasteiger partial charge in [0.05, 0.1) is 11.7 Å². The van der Waals surface area contributed by atoms with E-state index < -0.39 is 0 Å². The molecule has 2 atom stereocenters. The van der Waals surface area contributed by atoms with Crippen LogP contribution in [0.5, 0.6) is 5.75 Å². The maximum atomic E-state index is 9.68. The molecule has 138 valence electrons. The maximum Gasteiger partial charge on any atom is 0.174 e. The van der Waals surface area contributed by atoms with E-state index in [9.17, 15) is 5.11 Å². The van der Waals surface area contributed by atoms with Gasteiger partial charge in [0.25, 0.3) is 0 Å². The third kappa shape index (κ3) is 3.17. The molecule has 6 heteroatoms. The minimum Gasteiger partial charge on any atom is -0.508 e. The van der Waals surface area contributed by atoms with Crippen molar-refractivity contribution in [3.63, 3.8) is 0 Å². The average Bonchev–Trinajstić information content (AvgIpc) is 3.27. The summed E-state index contributed by atoms with van der Waals surface area (Å²) >= 11 is 5.71. The van der Waals surface area contributed by atoms with Crippen LogP contribution >= 0.6 is 12.2 Å². The molecule has 1 aromatic carbocycles. The van der Waals surface area contributed by atoms with Gasteiger partial charge in [0.2, 0.25) is 0 Å². The maximum absolute atomic E-state index is 9.68. The molecule has 0 radical (unpaired) electrons. The van der Waals surface area contributed by atoms with Gasteiger partial charge in [-0.1, -0.05) is 6.07 Å². The Labute approximate surface area is 164 Å².